The Kier molecular flexibility index (Phi) is 3.49. The van der Waals surface area contributed by atoms with Crippen LogP contribution in [0.1, 0.15) is 5.69 Å². The summed E-state index contributed by atoms with van der Waals surface area (Å²) in [5.41, 5.74) is 2.05. The molecule has 0 saturated heterocycles. The van der Waals surface area contributed by atoms with Gasteiger partial charge in [-0.05, 0) is 37.3 Å². The van der Waals surface area contributed by atoms with Crippen LogP contribution in [0.3, 0.4) is 0 Å². The fourth-order valence-electron chi connectivity index (χ4n) is 1.65. The fourth-order valence-corrected chi connectivity index (χ4v) is 2.92. The normalized spacial score (nSPS) is 10.3. The van der Waals surface area contributed by atoms with E-state index in [-0.39, 0.29) is 0 Å². The SMILES string of the molecule is COc1ccc(OC)c(-c2sc(=S)[nH]c2C)c1. The minimum atomic E-state index is 0.766. The Bertz CT molecular complexity index is 586. The molecule has 0 amide bonds. The van der Waals surface area contributed by atoms with Crippen molar-refractivity contribution < 1.29 is 9.47 Å². The molecule has 0 spiro atoms. The quantitative estimate of drug-likeness (QED) is 0.859. The molecular formula is C12H13NO2S2. The number of rotatable bonds is 3. The molecule has 0 fully saturated rings. The second-order valence-corrected chi connectivity index (χ2v) is 5.22. The zero-order valence-corrected chi connectivity index (χ0v) is 11.5. The summed E-state index contributed by atoms with van der Waals surface area (Å²) in [7, 11) is 3.31. The first-order chi connectivity index (χ1) is 8.15. The summed E-state index contributed by atoms with van der Waals surface area (Å²) in [6.45, 7) is 2.00. The molecule has 5 heteroatoms. The first-order valence-electron chi connectivity index (χ1n) is 5.08. The number of benzene rings is 1. The van der Waals surface area contributed by atoms with Crippen LogP contribution in [0.15, 0.2) is 18.2 Å². The van der Waals surface area contributed by atoms with Crippen LogP contribution in [0.2, 0.25) is 0 Å². The molecule has 0 radical (unpaired) electrons. The summed E-state index contributed by atoms with van der Waals surface area (Å²) >= 11 is 6.69. The monoisotopic (exact) mass is 267 g/mol. The van der Waals surface area contributed by atoms with E-state index in [9.17, 15) is 0 Å². The van der Waals surface area contributed by atoms with E-state index in [1.165, 1.54) is 11.3 Å². The van der Waals surface area contributed by atoms with E-state index in [2.05, 4.69) is 4.98 Å². The minimum absolute atomic E-state index is 0.766. The first-order valence-corrected chi connectivity index (χ1v) is 6.30. The average Bonchev–Trinajstić information content (AvgIpc) is 2.67. The molecule has 2 aromatic rings. The van der Waals surface area contributed by atoms with E-state index < -0.39 is 0 Å². The lowest BCUT2D eigenvalue weighted by Crippen LogP contribution is -1.90. The lowest BCUT2D eigenvalue weighted by molar-refractivity contribution is 0.404. The predicted molar refractivity (Wildman–Crippen MR) is 72.8 cm³/mol. The third-order valence-electron chi connectivity index (χ3n) is 2.48. The van der Waals surface area contributed by atoms with Gasteiger partial charge in [-0.15, -0.1) is 11.3 Å². The molecule has 1 aromatic heterocycles. The maximum Gasteiger partial charge on any atom is 0.159 e. The van der Waals surface area contributed by atoms with Gasteiger partial charge in [-0.25, -0.2) is 0 Å². The summed E-state index contributed by atoms with van der Waals surface area (Å²) in [5.74, 6) is 1.62. The summed E-state index contributed by atoms with van der Waals surface area (Å²) in [6, 6.07) is 5.74. The van der Waals surface area contributed by atoms with Crippen molar-refractivity contribution in [3.05, 3.63) is 27.8 Å². The topological polar surface area (TPSA) is 34.2 Å². The molecule has 0 saturated carbocycles. The van der Waals surface area contributed by atoms with Gasteiger partial charge in [-0.2, -0.15) is 0 Å². The molecule has 1 heterocycles. The third-order valence-corrected chi connectivity index (χ3v) is 3.85. The third kappa shape index (κ3) is 2.35. The first kappa shape index (κ1) is 12.1. The Labute approximate surface area is 109 Å². The van der Waals surface area contributed by atoms with E-state index in [0.717, 1.165) is 31.6 Å². The number of aromatic amines is 1. The highest BCUT2D eigenvalue weighted by molar-refractivity contribution is 7.73. The highest BCUT2D eigenvalue weighted by Crippen LogP contribution is 2.37. The van der Waals surface area contributed by atoms with E-state index in [0.29, 0.717) is 0 Å². The van der Waals surface area contributed by atoms with Crippen molar-refractivity contribution in [1.29, 1.82) is 0 Å². The van der Waals surface area contributed by atoms with Crippen LogP contribution in [0, 0.1) is 10.9 Å². The fraction of sp³-hybridized carbons (Fsp3) is 0.250. The molecule has 2 rings (SSSR count). The summed E-state index contributed by atoms with van der Waals surface area (Å²) in [4.78, 5) is 4.22. The van der Waals surface area contributed by atoms with Gasteiger partial charge < -0.3 is 14.5 Å². The van der Waals surface area contributed by atoms with Crippen LogP contribution in [-0.2, 0) is 0 Å². The number of hydrogen-bond donors (Lipinski definition) is 1. The van der Waals surface area contributed by atoms with E-state index in [1.807, 2.05) is 25.1 Å². The van der Waals surface area contributed by atoms with Crippen LogP contribution < -0.4 is 9.47 Å². The molecule has 0 bridgehead atoms. The number of ether oxygens (including phenoxy) is 2. The Hall–Kier alpha value is -1.33. The number of aromatic nitrogens is 1. The number of H-pyrrole nitrogens is 1. The number of methoxy groups -OCH3 is 2. The van der Waals surface area contributed by atoms with Crippen LogP contribution in [0.25, 0.3) is 10.4 Å². The van der Waals surface area contributed by atoms with E-state index in [1.54, 1.807) is 14.2 Å². The second-order valence-electron chi connectivity index (χ2n) is 3.53. The van der Waals surface area contributed by atoms with Gasteiger partial charge >= 0.3 is 0 Å². The van der Waals surface area contributed by atoms with Gasteiger partial charge in [0, 0.05) is 11.3 Å². The number of nitrogens with one attached hydrogen (secondary N) is 1. The summed E-state index contributed by atoms with van der Waals surface area (Å²) in [5, 5.41) is 0. The molecule has 1 aromatic carbocycles. The molecule has 0 atom stereocenters. The summed E-state index contributed by atoms with van der Waals surface area (Å²) < 4.78 is 11.4. The maximum atomic E-state index is 5.37. The van der Waals surface area contributed by atoms with Gasteiger partial charge in [-0.1, -0.05) is 0 Å². The maximum absolute atomic E-state index is 5.37. The standard InChI is InChI=1S/C12H13NO2S2/c1-7-11(17-12(16)13-7)9-6-8(14-2)4-5-10(9)15-3/h4-6H,1-3H3,(H,13,16). The smallest absolute Gasteiger partial charge is 0.159 e. The number of thiazole rings is 1. The lowest BCUT2D eigenvalue weighted by atomic mass is 10.1. The number of hydrogen-bond acceptors (Lipinski definition) is 4. The van der Waals surface area contributed by atoms with Crippen LogP contribution in [0.4, 0.5) is 0 Å². The van der Waals surface area contributed by atoms with E-state index >= 15 is 0 Å². The largest absolute Gasteiger partial charge is 0.497 e. The number of aryl methyl sites for hydroxylation is 1. The average molecular weight is 267 g/mol. The Morgan fingerprint density at radius 3 is 2.53 bits per heavy atom. The molecule has 90 valence electrons. The van der Waals surface area contributed by atoms with Gasteiger partial charge in [0.15, 0.2) is 3.95 Å². The molecule has 0 unspecified atom stereocenters. The Balaban J connectivity index is 2.63. The van der Waals surface area contributed by atoms with E-state index in [4.69, 9.17) is 21.7 Å². The van der Waals surface area contributed by atoms with Crippen LogP contribution in [0.5, 0.6) is 11.5 Å². The highest BCUT2D eigenvalue weighted by atomic mass is 32.1. The van der Waals surface area contributed by atoms with Crippen molar-refractivity contribution in [1.82, 2.24) is 4.98 Å². The minimum Gasteiger partial charge on any atom is -0.497 e. The summed E-state index contributed by atoms with van der Waals surface area (Å²) in [6.07, 6.45) is 0. The highest BCUT2D eigenvalue weighted by Gasteiger charge is 2.12. The van der Waals surface area contributed by atoms with Gasteiger partial charge in [0.1, 0.15) is 11.5 Å². The van der Waals surface area contributed by atoms with Gasteiger partial charge in [0.25, 0.3) is 0 Å². The van der Waals surface area contributed by atoms with Crippen molar-refractivity contribution >= 4 is 23.6 Å². The molecule has 17 heavy (non-hydrogen) atoms. The Morgan fingerprint density at radius 2 is 2.00 bits per heavy atom. The molecule has 0 aliphatic carbocycles. The van der Waals surface area contributed by atoms with Crippen molar-refractivity contribution in [3.8, 4) is 21.9 Å². The van der Waals surface area contributed by atoms with Crippen molar-refractivity contribution in [3.63, 3.8) is 0 Å². The Morgan fingerprint density at radius 1 is 1.24 bits per heavy atom. The zero-order chi connectivity index (χ0) is 12.4. The lowest BCUT2D eigenvalue weighted by Gasteiger charge is -2.09. The molecule has 1 N–H and O–H groups in total. The molecule has 0 aliphatic rings. The van der Waals surface area contributed by atoms with Crippen molar-refractivity contribution in [2.75, 3.05) is 14.2 Å². The van der Waals surface area contributed by atoms with Crippen LogP contribution >= 0.6 is 23.6 Å². The van der Waals surface area contributed by atoms with Crippen molar-refractivity contribution in [2.24, 2.45) is 0 Å². The van der Waals surface area contributed by atoms with Gasteiger partial charge in [0.05, 0.1) is 19.1 Å². The molecular weight excluding hydrogens is 254 g/mol. The second kappa shape index (κ2) is 4.89. The van der Waals surface area contributed by atoms with Crippen molar-refractivity contribution in [2.45, 2.75) is 6.92 Å². The van der Waals surface area contributed by atoms with Crippen LogP contribution in [-0.4, -0.2) is 19.2 Å². The molecule has 3 nitrogen and oxygen atoms in total. The molecule has 0 aliphatic heterocycles. The predicted octanol–water partition coefficient (Wildman–Crippen LogP) is 3.80. The zero-order valence-electron chi connectivity index (χ0n) is 9.87. The van der Waals surface area contributed by atoms with Gasteiger partial charge in [0.2, 0.25) is 0 Å². The van der Waals surface area contributed by atoms with Gasteiger partial charge in [-0.3, -0.25) is 0 Å².